The second-order valence-corrected chi connectivity index (χ2v) is 5.73. The van der Waals surface area contributed by atoms with E-state index in [1.54, 1.807) is 30.5 Å². The molecule has 0 aliphatic carbocycles. The number of esters is 1. The van der Waals surface area contributed by atoms with Crippen LogP contribution in [-0.4, -0.2) is 23.5 Å². The first kappa shape index (κ1) is 16.4. The Morgan fingerprint density at radius 2 is 2.32 bits per heavy atom. The van der Waals surface area contributed by atoms with E-state index in [0.717, 1.165) is 0 Å². The maximum Gasteiger partial charge on any atom is 0.311 e. The molecule has 0 fully saturated rings. The zero-order valence-electron chi connectivity index (χ0n) is 11.7. The normalized spacial score (nSPS) is 10.8. The van der Waals surface area contributed by atoms with E-state index in [4.69, 9.17) is 9.15 Å². The highest BCUT2D eigenvalue weighted by molar-refractivity contribution is 9.10. The number of ether oxygens (including phenoxy) is 1. The van der Waals surface area contributed by atoms with E-state index < -0.39 is 0 Å². The summed E-state index contributed by atoms with van der Waals surface area (Å²) in [4.78, 5) is 27.2. The molecule has 22 heavy (non-hydrogen) atoms. The summed E-state index contributed by atoms with van der Waals surface area (Å²) in [6, 6.07) is 3.47. The Hall–Kier alpha value is -1.93. The third kappa shape index (κ3) is 5.12. The summed E-state index contributed by atoms with van der Waals surface area (Å²) in [5.41, 5.74) is 0.567. The molecule has 8 heteroatoms. The Kier molecular flexibility index (Phi) is 5.91. The van der Waals surface area contributed by atoms with Crippen molar-refractivity contribution < 1.29 is 18.7 Å². The second kappa shape index (κ2) is 7.90. The molecule has 0 saturated carbocycles. The van der Waals surface area contributed by atoms with Crippen LogP contribution in [-0.2, 0) is 20.7 Å². The number of carbonyl (C=O) groups excluding carboxylic acids is 2. The number of furan rings is 1. The summed E-state index contributed by atoms with van der Waals surface area (Å²) >= 11 is 4.43. The maximum absolute atomic E-state index is 11.8. The van der Waals surface area contributed by atoms with E-state index in [-0.39, 0.29) is 18.3 Å². The van der Waals surface area contributed by atoms with E-state index in [1.807, 2.05) is 0 Å². The molecule has 1 amide bonds. The number of carbonyl (C=O) groups is 2. The van der Waals surface area contributed by atoms with Crippen molar-refractivity contribution in [2.75, 3.05) is 11.9 Å². The molecule has 0 unspecified atom stereocenters. The van der Waals surface area contributed by atoms with E-state index in [0.29, 0.717) is 27.9 Å². The molecule has 6 nitrogen and oxygen atoms in total. The maximum atomic E-state index is 11.8. The zero-order valence-corrected chi connectivity index (χ0v) is 14.1. The quantitative estimate of drug-likeness (QED) is 0.610. The van der Waals surface area contributed by atoms with Crippen molar-refractivity contribution in [3.05, 3.63) is 39.7 Å². The smallest absolute Gasteiger partial charge is 0.311 e. The number of halogens is 1. The summed E-state index contributed by atoms with van der Waals surface area (Å²) < 4.78 is 10.7. The van der Waals surface area contributed by atoms with Gasteiger partial charge < -0.3 is 9.15 Å². The largest absolute Gasteiger partial charge is 0.466 e. The minimum absolute atomic E-state index is 0.0937. The van der Waals surface area contributed by atoms with Crippen molar-refractivity contribution >= 4 is 50.4 Å². The number of anilines is 1. The lowest BCUT2D eigenvalue weighted by Crippen LogP contribution is -2.09. The third-order valence-electron chi connectivity index (χ3n) is 2.41. The molecule has 0 atom stereocenters. The first-order chi connectivity index (χ1) is 10.6. The number of hydrogen-bond donors (Lipinski definition) is 1. The van der Waals surface area contributed by atoms with Gasteiger partial charge in [0.05, 0.1) is 18.7 Å². The molecule has 2 aromatic heterocycles. The molecule has 0 aliphatic rings. The molecule has 1 N–H and O–H groups in total. The Morgan fingerprint density at radius 3 is 3.00 bits per heavy atom. The topological polar surface area (TPSA) is 81.4 Å². The van der Waals surface area contributed by atoms with Gasteiger partial charge in [0, 0.05) is 11.5 Å². The van der Waals surface area contributed by atoms with Crippen molar-refractivity contribution in [2.45, 2.75) is 13.3 Å². The molecular formula is C14H13BrN2O4S. The van der Waals surface area contributed by atoms with Gasteiger partial charge in [-0.3, -0.25) is 14.9 Å². The van der Waals surface area contributed by atoms with Crippen LogP contribution in [0.3, 0.4) is 0 Å². The standard InChI is InChI=1S/C14H13BrN2O4S/c1-2-20-13(19)7-9-8-22-14(16-9)17-12(18)6-4-10-3-5-11(15)21-10/h3-6,8H,2,7H2,1H3,(H,16,17,18)/b6-4+. The molecule has 0 spiro atoms. The average molecular weight is 385 g/mol. The molecule has 0 aromatic carbocycles. The van der Waals surface area contributed by atoms with Gasteiger partial charge in [-0.25, -0.2) is 4.98 Å². The summed E-state index contributed by atoms with van der Waals surface area (Å²) in [6.45, 7) is 2.08. The lowest BCUT2D eigenvalue weighted by atomic mass is 10.3. The Morgan fingerprint density at radius 1 is 1.50 bits per heavy atom. The number of aromatic nitrogens is 1. The van der Waals surface area contributed by atoms with E-state index >= 15 is 0 Å². The van der Waals surface area contributed by atoms with Gasteiger partial charge in [-0.2, -0.15) is 0 Å². The summed E-state index contributed by atoms with van der Waals surface area (Å²) in [7, 11) is 0. The predicted octanol–water partition coefficient (Wildman–Crippen LogP) is 3.26. The summed E-state index contributed by atoms with van der Waals surface area (Å²) in [5, 5.41) is 4.75. The Balaban J connectivity index is 1.88. The molecule has 2 rings (SSSR count). The van der Waals surface area contributed by atoms with Crippen LogP contribution < -0.4 is 5.32 Å². The molecule has 0 bridgehead atoms. The lowest BCUT2D eigenvalue weighted by molar-refractivity contribution is -0.142. The monoisotopic (exact) mass is 384 g/mol. The molecule has 0 saturated heterocycles. The van der Waals surface area contributed by atoms with Crippen LogP contribution in [0.5, 0.6) is 0 Å². The molecule has 0 aliphatic heterocycles. The number of nitrogens with one attached hydrogen (secondary N) is 1. The minimum Gasteiger partial charge on any atom is -0.466 e. The van der Waals surface area contributed by atoms with Gasteiger partial charge >= 0.3 is 5.97 Å². The minimum atomic E-state index is -0.339. The van der Waals surface area contributed by atoms with Gasteiger partial charge in [0.25, 0.3) is 0 Å². The highest BCUT2D eigenvalue weighted by Crippen LogP contribution is 2.17. The van der Waals surface area contributed by atoms with Gasteiger partial charge in [-0.1, -0.05) is 0 Å². The van der Waals surface area contributed by atoms with Gasteiger partial charge in [-0.05, 0) is 41.1 Å². The number of hydrogen-bond acceptors (Lipinski definition) is 6. The van der Waals surface area contributed by atoms with Crippen LogP contribution >= 0.6 is 27.3 Å². The number of amides is 1. The fraction of sp³-hybridized carbons (Fsp3) is 0.214. The lowest BCUT2D eigenvalue weighted by Gasteiger charge is -1.98. The van der Waals surface area contributed by atoms with Crippen LogP contribution in [0, 0.1) is 0 Å². The van der Waals surface area contributed by atoms with Crippen molar-refractivity contribution in [1.29, 1.82) is 0 Å². The van der Waals surface area contributed by atoms with E-state index in [2.05, 4.69) is 26.2 Å². The highest BCUT2D eigenvalue weighted by Gasteiger charge is 2.09. The number of nitrogens with zero attached hydrogens (tertiary/aromatic N) is 1. The van der Waals surface area contributed by atoms with Crippen LogP contribution in [0.2, 0.25) is 0 Å². The van der Waals surface area contributed by atoms with E-state index in [1.165, 1.54) is 17.4 Å². The van der Waals surface area contributed by atoms with Crippen LogP contribution in [0.4, 0.5) is 5.13 Å². The first-order valence-corrected chi connectivity index (χ1v) is 8.08. The van der Waals surface area contributed by atoms with Crippen LogP contribution in [0.1, 0.15) is 18.4 Å². The van der Waals surface area contributed by atoms with Crippen molar-refractivity contribution in [2.24, 2.45) is 0 Å². The Labute approximate surface area is 139 Å². The third-order valence-corrected chi connectivity index (χ3v) is 3.64. The molecule has 2 heterocycles. The number of thiazole rings is 1. The second-order valence-electron chi connectivity index (χ2n) is 4.09. The SMILES string of the molecule is CCOC(=O)Cc1csc(NC(=O)/C=C/c2ccc(Br)o2)n1. The van der Waals surface area contributed by atoms with Crippen molar-refractivity contribution in [3.8, 4) is 0 Å². The predicted molar refractivity (Wildman–Crippen MR) is 86.5 cm³/mol. The van der Waals surface area contributed by atoms with Crippen molar-refractivity contribution in [1.82, 2.24) is 4.98 Å². The van der Waals surface area contributed by atoms with Crippen molar-refractivity contribution in [3.63, 3.8) is 0 Å². The fourth-order valence-electron chi connectivity index (χ4n) is 1.53. The molecule has 116 valence electrons. The summed E-state index contributed by atoms with van der Waals surface area (Å²) in [5.74, 6) is -0.109. The van der Waals surface area contributed by atoms with Crippen LogP contribution in [0.15, 0.2) is 32.7 Å². The molecule has 2 aromatic rings. The fourth-order valence-corrected chi connectivity index (χ4v) is 2.56. The molecular weight excluding hydrogens is 372 g/mol. The molecule has 0 radical (unpaired) electrons. The zero-order chi connectivity index (χ0) is 15.9. The average Bonchev–Trinajstić information content (AvgIpc) is 3.06. The van der Waals surface area contributed by atoms with Crippen LogP contribution in [0.25, 0.3) is 6.08 Å². The summed E-state index contributed by atoms with van der Waals surface area (Å²) in [6.07, 6.45) is 2.99. The highest BCUT2D eigenvalue weighted by atomic mass is 79.9. The first-order valence-electron chi connectivity index (χ1n) is 6.41. The Bertz CT molecular complexity index is 693. The van der Waals surface area contributed by atoms with Gasteiger partial charge in [0.15, 0.2) is 9.80 Å². The van der Waals surface area contributed by atoms with Gasteiger partial charge in [0.2, 0.25) is 5.91 Å². The van der Waals surface area contributed by atoms with Gasteiger partial charge in [-0.15, -0.1) is 11.3 Å². The van der Waals surface area contributed by atoms with Gasteiger partial charge in [0.1, 0.15) is 5.76 Å². The number of rotatable bonds is 6. The van der Waals surface area contributed by atoms with E-state index in [9.17, 15) is 9.59 Å².